The number of para-hydroxylation sites is 1. The van der Waals surface area contributed by atoms with E-state index in [2.05, 4.69) is 89.5 Å². The van der Waals surface area contributed by atoms with Gasteiger partial charge in [-0.15, -0.1) is 11.3 Å². The molecule has 2 heterocycles. The topological polar surface area (TPSA) is 4.93 Å². The quantitative estimate of drug-likeness (QED) is 0.233. The smallest absolute Gasteiger partial charge is 0.0682 e. The van der Waals surface area contributed by atoms with E-state index in [1.165, 1.54) is 65.1 Å². The molecule has 0 aliphatic heterocycles. The number of fused-ring (bicyclic) bond motifs is 11. The highest BCUT2D eigenvalue weighted by Gasteiger charge is 2.28. The van der Waals surface area contributed by atoms with Gasteiger partial charge in [0.2, 0.25) is 0 Å². The third-order valence-electron chi connectivity index (χ3n) is 8.15. The first kappa shape index (κ1) is 19.0. The largest absolute Gasteiger partial charge is 0.336 e. The Balaban J connectivity index is 1.56. The summed E-state index contributed by atoms with van der Waals surface area (Å²) in [6, 6.07) is 27.7. The van der Waals surface area contributed by atoms with E-state index >= 15 is 0 Å². The van der Waals surface area contributed by atoms with E-state index < -0.39 is 0 Å². The van der Waals surface area contributed by atoms with Gasteiger partial charge < -0.3 is 4.57 Å². The summed E-state index contributed by atoms with van der Waals surface area (Å²) in [6.07, 6.45) is 10.5. The fraction of sp³-hybridized carbons (Fsp3) is 0.188. The maximum Gasteiger partial charge on any atom is 0.0682 e. The van der Waals surface area contributed by atoms with Crippen molar-refractivity contribution >= 4 is 59.4 Å². The van der Waals surface area contributed by atoms with Crippen molar-refractivity contribution in [2.75, 3.05) is 0 Å². The van der Waals surface area contributed by atoms with Crippen LogP contribution in [-0.2, 0) is 19.3 Å². The lowest BCUT2D eigenvalue weighted by Gasteiger charge is -2.28. The van der Waals surface area contributed by atoms with Gasteiger partial charge in [0.05, 0.1) is 10.2 Å². The van der Waals surface area contributed by atoms with Crippen LogP contribution in [0.1, 0.15) is 41.1 Å². The monoisotopic (exact) mass is 455 g/mol. The molecule has 34 heavy (non-hydrogen) atoms. The highest BCUT2D eigenvalue weighted by Crippen LogP contribution is 2.49. The normalized spacial score (nSPS) is 17.6. The predicted octanol–water partition coefficient (Wildman–Crippen LogP) is 8.85. The van der Waals surface area contributed by atoms with Crippen molar-refractivity contribution in [1.82, 2.24) is 4.57 Å². The van der Waals surface area contributed by atoms with Crippen LogP contribution in [-0.4, -0.2) is 4.57 Å². The van der Waals surface area contributed by atoms with Crippen LogP contribution < -0.4 is 0 Å². The predicted molar refractivity (Wildman–Crippen MR) is 147 cm³/mol. The summed E-state index contributed by atoms with van der Waals surface area (Å²) in [5.41, 5.74) is 8.94. The molecule has 8 rings (SSSR count). The zero-order chi connectivity index (χ0) is 22.2. The summed E-state index contributed by atoms with van der Waals surface area (Å²) in [7, 11) is 0. The number of aryl methyl sites for hydroxylation is 2. The molecule has 0 saturated heterocycles. The highest BCUT2D eigenvalue weighted by atomic mass is 32.1. The maximum absolute atomic E-state index is 2.74. The van der Waals surface area contributed by atoms with E-state index in [1.54, 1.807) is 5.56 Å². The average Bonchev–Trinajstić information content (AvgIpc) is 3.45. The van der Waals surface area contributed by atoms with E-state index in [0.717, 1.165) is 25.7 Å². The summed E-state index contributed by atoms with van der Waals surface area (Å²) in [4.78, 5) is 0. The average molecular weight is 456 g/mol. The molecule has 0 radical (unpaired) electrons. The molecule has 0 amide bonds. The van der Waals surface area contributed by atoms with Crippen molar-refractivity contribution in [3.8, 4) is 0 Å². The number of benzene rings is 4. The lowest BCUT2D eigenvalue weighted by molar-refractivity contribution is 0.465. The second kappa shape index (κ2) is 7.07. The fourth-order valence-electron chi connectivity index (χ4n) is 6.71. The maximum atomic E-state index is 2.74. The standard InChI is InChI=1S/C32H25NS/c1-2-10-21-19-22(18-17-20(21)9-1)33-27-15-7-5-13-25(27)29-23-11-3-4-12-24(23)30-26-14-6-8-16-28(26)34-32(30)31(29)33/h1-3,5-11,13-16,22H,4,12,17-19H2. The van der Waals surface area contributed by atoms with E-state index in [0.29, 0.717) is 6.04 Å². The Morgan fingerprint density at radius 2 is 1.56 bits per heavy atom. The third-order valence-corrected chi connectivity index (χ3v) is 9.33. The first-order valence-electron chi connectivity index (χ1n) is 12.5. The van der Waals surface area contributed by atoms with Gasteiger partial charge in [-0.05, 0) is 66.5 Å². The first-order chi connectivity index (χ1) is 16.9. The molecule has 0 bridgehead atoms. The zero-order valence-corrected chi connectivity index (χ0v) is 19.9. The van der Waals surface area contributed by atoms with Crippen LogP contribution in [0.4, 0.5) is 0 Å². The summed E-state index contributed by atoms with van der Waals surface area (Å²) in [5.74, 6) is 0. The number of thiophene rings is 1. The number of allylic oxidation sites excluding steroid dienone is 1. The lowest BCUT2D eigenvalue weighted by Crippen LogP contribution is -2.18. The molecule has 0 fully saturated rings. The van der Waals surface area contributed by atoms with Gasteiger partial charge in [-0.1, -0.05) is 72.8 Å². The fourth-order valence-corrected chi connectivity index (χ4v) is 7.99. The minimum absolute atomic E-state index is 0.483. The Labute approximate surface area is 202 Å². The van der Waals surface area contributed by atoms with Crippen molar-refractivity contribution in [2.24, 2.45) is 0 Å². The molecule has 0 N–H and O–H groups in total. The van der Waals surface area contributed by atoms with Crippen LogP contribution in [0.3, 0.4) is 0 Å². The minimum Gasteiger partial charge on any atom is -0.336 e. The molecule has 0 saturated carbocycles. The van der Waals surface area contributed by atoms with Crippen LogP contribution in [0, 0.1) is 0 Å². The zero-order valence-electron chi connectivity index (χ0n) is 19.1. The lowest BCUT2D eigenvalue weighted by atomic mass is 9.87. The summed E-state index contributed by atoms with van der Waals surface area (Å²) in [5, 5.41) is 5.83. The van der Waals surface area contributed by atoms with Crippen LogP contribution in [0.5, 0.6) is 0 Å². The molecule has 4 aromatic carbocycles. The molecule has 164 valence electrons. The number of hydrogen-bond donors (Lipinski definition) is 0. The van der Waals surface area contributed by atoms with Gasteiger partial charge in [0.15, 0.2) is 0 Å². The van der Waals surface area contributed by atoms with Crippen molar-refractivity contribution in [2.45, 2.75) is 38.1 Å². The van der Waals surface area contributed by atoms with Gasteiger partial charge in [0.1, 0.15) is 0 Å². The number of hydrogen-bond acceptors (Lipinski definition) is 1. The van der Waals surface area contributed by atoms with Crippen molar-refractivity contribution in [1.29, 1.82) is 0 Å². The van der Waals surface area contributed by atoms with Gasteiger partial charge in [0, 0.05) is 37.8 Å². The van der Waals surface area contributed by atoms with Gasteiger partial charge in [-0.25, -0.2) is 0 Å². The summed E-state index contributed by atoms with van der Waals surface area (Å²) in [6.45, 7) is 0. The Morgan fingerprint density at radius 3 is 2.50 bits per heavy atom. The molecule has 1 atom stereocenters. The number of rotatable bonds is 1. The summed E-state index contributed by atoms with van der Waals surface area (Å²) >= 11 is 2.00. The molecule has 2 heteroatoms. The molecule has 2 aliphatic rings. The molecular weight excluding hydrogens is 430 g/mol. The molecule has 1 nitrogen and oxygen atoms in total. The third kappa shape index (κ3) is 2.50. The SMILES string of the molecule is C1=Cc2c(c3c4ccccc4sc3c3c2c2ccccc2n3C2CCc3ccccc3C2)CC1. The van der Waals surface area contributed by atoms with E-state index in [9.17, 15) is 0 Å². The summed E-state index contributed by atoms with van der Waals surface area (Å²) < 4.78 is 5.63. The van der Waals surface area contributed by atoms with E-state index in [1.807, 2.05) is 11.3 Å². The second-order valence-corrected chi connectivity index (χ2v) is 11.0. The highest BCUT2D eigenvalue weighted by molar-refractivity contribution is 7.26. The van der Waals surface area contributed by atoms with Crippen LogP contribution in [0.2, 0.25) is 0 Å². The Morgan fingerprint density at radius 1 is 0.765 bits per heavy atom. The van der Waals surface area contributed by atoms with Crippen molar-refractivity contribution < 1.29 is 0 Å². The van der Waals surface area contributed by atoms with Gasteiger partial charge in [-0.2, -0.15) is 0 Å². The molecular formula is C32H25NS. The van der Waals surface area contributed by atoms with Gasteiger partial charge in [-0.3, -0.25) is 0 Å². The van der Waals surface area contributed by atoms with Crippen LogP contribution in [0.15, 0.2) is 78.9 Å². The van der Waals surface area contributed by atoms with Crippen molar-refractivity contribution in [3.63, 3.8) is 0 Å². The number of aromatic nitrogens is 1. The van der Waals surface area contributed by atoms with Crippen LogP contribution in [0.25, 0.3) is 48.1 Å². The Bertz CT molecular complexity index is 1800. The molecule has 1 unspecified atom stereocenters. The van der Waals surface area contributed by atoms with Crippen LogP contribution >= 0.6 is 11.3 Å². The van der Waals surface area contributed by atoms with Gasteiger partial charge in [0.25, 0.3) is 0 Å². The second-order valence-electron chi connectivity index (χ2n) is 9.91. The first-order valence-corrected chi connectivity index (χ1v) is 13.3. The minimum atomic E-state index is 0.483. The molecule has 6 aromatic rings. The number of nitrogens with zero attached hydrogens (tertiary/aromatic N) is 1. The molecule has 0 spiro atoms. The van der Waals surface area contributed by atoms with E-state index in [-0.39, 0.29) is 0 Å². The van der Waals surface area contributed by atoms with E-state index in [4.69, 9.17) is 0 Å². The van der Waals surface area contributed by atoms with Crippen molar-refractivity contribution in [3.05, 3.63) is 101 Å². The molecule has 2 aromatic heterocycles. The Kier molecular flexibility index (Phi) is 3.95. The van der Waals surface area contributed by atoms with Gasteiger partial charge >= 0.3 is 0 Å². The Hall–Kier alpha value is -3.36. The molecule has 2 aliphatic carbocycles.